The largest absolute Gasteiger partial charge is 0.481 e. The van der Waals surface area contributed by atoms with E-state index in [1.807, 2.05) is 0 Å². The van der Waals surface area contributed by atoms with Crippen LogP contribution in [0.3, 0.4) is 0 Å². The van der Waals surface area contributed by atoms with Crippen molar-refractivity contribution in [1.82, 2.24) is 0 Å². The lowest BCUT2D eigenvalue weighted by atomic mass is 10.1. The van der Waals surface area contributed by atoms with Crippen LogP contribution >= 0.6 is 0 Å². The highest BCUT2D eigenvalue weighted by molar-refractivity contribution is 5.68. The normalized spacial score (nSPS) is 10.1. The summed E-state index contributed by atoms with van der Waals surface area (Å²) in [6, 6.07) is 0. The van der Waals surface area contributed by atoms with Gasteiger partial charge in [-0.2, -0.15) is 0 Å². The highest BCUT2D eigenvalue weighted by Gasteiger charge is 2.00. The molecule has 0 bridgehead atoms. The van der Waals surface area contributed by atoms with Gasteiger partial charge < -0.3 is 30.6 Å². The van der Waals surface area contributed by atoms with Crippen molar-refractivity contribution in [2.45, 2.75) is 350 Å². The topological polar surface area (TPSA) is 224 Å². The number of aliphatic carboxylic acids is 6. The fourth-order valence-corrected chi connectivity index (χ4v) is 7.40. The second-order valence-electron chi connectivity index (χ2n) is 19.6. The Balaban J connectivity index is -0.000000181. The van der Waals surface area contributed by atoms with Crippen LogP contribution in [0.15, 0.2) is 0 Å². The molecule has 6 N–H and O–H groups in total. The van der Waals surface area contributed by atoms with Gasteiger partial charge in [0, 0.05) is 38.5 Å². The maximum atomic E-state index is 10.1. The van der Waals surface area contributed by atoms with E-state index < -0.39 is 35.8 Å². The minimum absolute atomic E-state index is 0.341. The number of unbranched alkanes of at least 4 members (excludes halogenated alkanes) is 36. The molecule has 0 saturated carbocycles. The van der Waals surface area contributed by atoms with E-state index in [1.54, 1.807) is 0 Å². The SMILES string of the molecule is CCCCCCCCCC(=O)O.CCCCCCCCCC(=O)O.CCCCCCCCCC(=O)O.CCCCCCCCCC(=O)O.CCCCCCCCCC(=O)O.CCCCCCCCCC(=O)O. The lowest BCUT2D eigenvalue weighted by Gasteiger charge is -1.98. The molecular weight excluding hydrogens is 913 g/mol. The van der Waals surface area contributed by atoms with Crippen LogP contribution in [0.25, 0.3) is 0 Å². The Morgan fingerprint density at radius 1 is 0.167 bits per heavy atom. The molecule has 0 heterocycles. The lowest BCUT2D eigenvalue weighted by Crippen LogP contribution is -1.93. The molecule has 0 spiro atoms. The third-order valence-electron chi connectivity index (χ3n) is 12.0. The van der Waals surface area contributed by atoms with Gasteiger partial charge in [-0.25, -0.2) is 0 Å². The van der Waals surface area contributed by atoms with Crippen molar-refractivity contribution in [3.63, 3.8) is 0 Å². The summed E-state index contributed by atoms with van der Waals surface area (Å²) in [4.78, 5) is 60.8. The number of hydrogen-bond donors (Lipinski definition) is 6. The fourth-order valence-electron chi connectivity index (χ4n) is 7.40. The van der Waals surface area contributed by atoms with Crippen molar-refractivity contribution in [2.24, 2.45) is 0 Å². The molecule has 12 nitrogen and oxygen atoms in total. The molecule has 0 aromatic carbocycles. The molecule has 0 rings (SSSR count). The zero-order valence-electron chi connectivity index (χ0n) is 48.1. The highest BCUT2D eigenvalue weighted by atomic mass is 16.4. The number of hydrogen-bond acceptors (Lipinski definition) is 6. The molecule has 0 aliphatic rings. The molecule has 0 aromatic heterocycles. The zero-order valence-corrected chi connectivity index (χ0v) is 48.1. The average Bonchev–Trinajstić information content (AvgIpc) is 3.33. The monoisotopic (exact) mass is 1030 g/mol. The summed E-state index contributed by atoms with van der Waals surface area (Å²) in [6.07, 6.45) is 51.9. The van der Waals surface area contributed by atoms with E-state index in [0.29, 0.717) is 38.5 Å². The molecule has 0 radical (unpaired) electrons. The molecule has 12 heteroatoms. The number of carbonyl (C=O) groups is 6. The van der Waals surface area contributed by atoms with Crippen LogP contribution in [0.5, 0.6) is 0 Å². The average molecular weight is 1030 g/mol. The van der Waals surface area contributed by atoms with E-state index >= 15 is 0 Å². The van der Waals surface area contributed by atoms with Crippen LogP contribution in [0.2, 0.25) is 0 Å². The van der Waals surface area contributed by atoms with Gasteiger partial charge in [0.25, 0.3) is 0 Å². The molecule has 0 amide bonds. The van der Waals surface area contributed by atoms with Crippen molar-refractivity contribution in [3.8, 4) is 0 Å². The first-order chi connectivity index (χ1) is 34.6. The Hall–Kier alpha value is -3.18. The summed E-state index contributed by atoms with van der Waals surface area (Å²) in [5.74, 6) is -3.98. The van der Waals surface area contributed by atoms with E-state index in [4.69, 9.17) is 30.6 Å². The van der Waals surface area contributed by atoms with Gasteiger partial charge in [-0.05, 0) is 38.5 Å². The summed E-state index contributed by atoms with van der Waals surface area (Å²) in [6.45, 7) is 13.2. The van der Waals surface area contributed by atoms with Gasteiger partial charge >= 0.3 is 35.8 Å². The second kappa shape index (κ2) is 76.7. The van der Waals surface area contributed by atoms with E-state index in [1.165, 1.54) is 193 Å². The van der Waals surface area contributed by atoms with Crippen LogP contribution < -0.4 is 0 Å². The molecule has 432 valence electrons. The Bertz CT molecular complexity index is 880. The lowest BCUT2D eigenvalue weighted by molar-refractivity contribution is -0.138. The van der Waals surface area contributed by atoms with E-state index in [9.17, 15) is 28.8 Å². The minimum Gasteiger partial charge on any atom is -0.481 e. The molecule has 0 aliphatic heterocycles. The minimum atomic E-state index is -0.663. The van der Waals surface area contributed by atoms with Crippen molar-refractivity contribution < 1.29 is 59.4 Å². The summed E-state index contributed by atoms with van der Waals surface area (Å²) in [7, 11) is 0. The number of carboxylic acids is 6. The standard InChI is InChI=1S/6C10H20O2/c6*1-2-3-4-5-6-7-8-9-10(11)12/h6*2-9H2,1H3,(H,11,12). The maximum absolute atomic E-state index is 10.1. The third kappa shape index (κ3) is 112. The first kappa shape index (κ1) is 80.2. The predicted molar refractivity (Wildman–Crippen MR) is 301 cm³/mol. The van der Waals surface area contributed by atoms with Gasteiger partial charge in [0.05, 0.1) is 0 Å². The van der Waals surface area contributed by atoms with Crippen molar-refractivity contribution in [3.05, 3.63) is 0 Å². The van der Waals surface area contributed by atoms with Gasteiger partial charge in [-0.15, -0.1) is 0 Å². The predicted octanol–water partition coefficient (Wildman–Crippen LogP) is 19.3. The van der Waals surface area contributed by atoms with E-state index in [0.717, 1.165) is 77.0 Å². The van der Waals surface area contributed by atoms with Crippen molar-refractivity contribution >= 4 is 35.8 Å². The van der Waals surface area contributed by atoms with E-state index in [2.05, 4.69) is 41.5 Å². The molecule has 0 atom stereocenters. The van der Waals surface area contributed by atoms with Crippen LogP contribution in [0.1, 0.15) is 350 Å². The molecule has 0 saturated heterocycles. The van der Waals surface area contributed by atoms with Gasteiger partial charge in [-0.1, -0.05) is 273 Å². The molecule has 0 fully saturated rings. The summed E-state index contributed by atoms with van der Waals surface area (Å²) in [5.41, 5.74) is 0. The van der Waals surface area contributed by atoms with Crippen LogP contribution in [-0.2, 0) is 28.8 Å². The molecule has 0 aliphatic carbocycles. The highest BCUT2D eigenvalue weighted by Crippen LogP contribution is 2.12. The van der Waals surface area contributed by atoms with Gasteiger partial charge in [0.15, 0.2) is 0 Å². The third-order valence-corrected chi connectivity index (χ3v) is 12.0. The number of rotatable bonds is 48. The first-order valence-corrected chi connectivity index (χ1v) is 29.9. The Labute approximate surface area is 443 Å². The van der Waals surface area contributed by atoms with Gasteiger partial charge in [-0.3, -0.25) is 28.8 Å². The Kier molecular flexibility index (Phi) is 85.5. The molecule has 0 unspecified atom stereocenters. The van der Waals surface area contributed by atoms with Gasteiger partial charge in [0.1, 0.15) is 0 Å². The zero-order chi connectivity index (χ0) is 55.4. The summed E-state index contributed by atoms with van der Waals surface area (Å²) < 4.78 is 0. The van der Waals surface area contributed by atoms with Crippen LogP contribution in [0.4, 0.5) is 0 Å². The molecule has 0 aromatic rings. The van der Waals surface area contributed by atoms with Crippen molar-refractivity contribution in [2.75, 3.05) is 0 Å². The van der Waals surface area contributed by atoms with Crippen LogP contribution in [0, 0.1) is 0 Å². The fraction of sp³-hybridized carbons (Fsp3) is 0.900. The second-order valence-corrected chi connectivity index (χ2v) is 19.6. The molecule has 72 heavy (non-hydrogen) atoms. The van der Waals surface area contributed by atoms with E-state index in [-0.39, 0.29) is 0 Å². The Morgan fingerprint density at radius 2 is 0.250 bits per heavy atom. The Morgan fingerprint density at radius 3 is 0.333 bits per heavy atom. The first-order valence-electron chi connectivity index (χ1n) is 29.9. The summed E-state index contributed by atoms with van der Waals surface area (Å²) in [5, 5.41) is 50.1. The van der Waals surface area contributed by atoms with Crippen LogP contribution in [-0.4, -0.2) is 66.5 Å². The van der Waals surface area contributed by atoms with Gasteiger partial charge in [0.2, 0.25) is 0 Å². The number of carboxylic acid groups (broad SMARTS) is 6. The van der Waals surface area contributed by atoms with Crippen molar-refractivity contribution in [1.29, 1.82) is 0 Å². The smallest absolute Gasteiger partial charge is 0.303 e. The summed E-state index contributed by atoms with van der Waals surface area (Å²) >= 11 is 0. The maximum Gasteiger partial charge on any atom is 0.303 e. The molecular formula is C60H120O12. The quantitative estimate of drug-likeness (QED) is 0.0313.